The van der Waals surface area contributed by atoms with Crippen LogP contribution < -0.4 is 0 Å². The molecule has 0 amide bonds. The van der Waals surface area contributed by atoms with Crippen molar-refractivity contribution in [1.82, 2.24) is 0 Å². The van der Waals surface area contributed by atoms with Crippen LogP contribution in [0.2, 0.25) is 19.6 Å². The predicted molar refractivity (Wildman–Crippen MR) is 81.8 cm³/mol. The molecule has 1 aromatic carbocycles. The van der Waals surface area contributed by atoms with Crippen LogP contribution in [0.1, 0.15) is 32.4 Å². The molecule has 0 spiro atoms. The summed E-state index contributed by atoms with van der Waals surface area (Å²) in [7, 11) is -1.63. The van der Waals surface area contributed by atoms with E-state index in [1.54, 1.807) is 0 Å². The van der Waals surface area contributed by atoms with Crippen LogP contribution in [0, 0.1) is 5.41 Å². The molecule has 1 aromatic rings. The summed E-state index contributed by atoms with van der Waals surface area (Å²) in [6, 6.07) is 10.5. The van der Waals surface area contributed by atoms with Gasteiger partial charge in [0.2, 0.25) is 0 Å². The van der Waals surface area contributed by atoms with E-state index >= 15 is 0 Å². The van der Waals surface area contributed by atoms with E-state index in [1.165, 1.54) is 5.56 Å². The van der Waals surface area contributed by atoms with Gasteiger partial charge < -0.3 is 9.16 Å². The summed E-state index contributed by atoms with van der Waals surface area (Å²) < 4.78 is 12.5. The maximum Gasteiger partial charge on any atom is 0.184 e. The second-order valence-corrected chi connectivity index (χ2v) is 11.9. The number of ether oxygens (including phenoxy) is 1. The fourth-order valence-electron chi connectivity index (χ4n) is 2.70. The van der Waals surface area contributed by atoms with E-state index < -0.39 is 8.32 Å². The molecule has 2 atom stereocenters. The molecule has 0 aromatic heterocycles. The fourth-order valence-corrected chi connectivity index (χ4v) is 4.27. The third kappa shape index (κ3) is 2.78. The molecule has 0 unspecified atom stereocenters. The monoisotopic (exact) mass is 278 g/mol. The smallest absolute Gasteiger partial charge is 0.184 e. The molecule has 1 fully saturated rings. The lowest BCUT2D eigenvalue weighted by molar-refractivity contribution is -0.274. The summed E-state index contributed by atoms with van der Waals surface area (Å²) in [4.78, 5) is 0. The van der Waals surface area contributed by atoms with Gasteiger partial charge in [0.25, 0.3) is 0 Å². The van der Waals surface area contributed by atoms with Gasteiger partial charge in [-0.05, 0) is 30.6 Å². The van der Waals surface area contributed by atoms with Crippen molar-refractivity contribution >= 4 is 8.32 Å². The van der Waals surface area contributed by atoms with Crippen LogP contribution in [0.15, 0.2) is 30.3 Å². The summed E-state index contributed by atoms with van der Waals surface area (Å²) in [6.07, 6.45) is 0.0559. The molecule has 2 rings (SSSR count). The van der Waals surface area contributed by atoms with Crippen molar-refractivity contribution in [3.63, 3.8) is 0 Å². The summed E-state index contributed by atoms with van der Waals surface area (Å²) in [5, 5.41) is 0. The molecule has 1 aliphatic rings. The molecule has 3 heteroatoms. The van der Waals surface area contributed by atoms with Crippen LogP contribution in [-0.2, 0) is 9.16 Å². The fraction of sp³-hybridized carbons (Fsp3) is 0.625. The highest BCUT2D eigenvalue weighted by atomic mass is 28.4. The van der Waals surface area contributed by atoms with Gasteiger partial charge in [0, 0.05) is 0 Å². The SMILES string of the molecule is CC(C)(C)[C@@]1(O[Si](C)(C)C)CO[C@@H]1c1ccccc1. The Hall–Kier alpha value is -0.643. The lowest BCUT2D eigenvalue weighted by atomic mass is 9.69. The van der Waals surface area contributed by atoms with Crippen molar-refractivity contribution in [2.24, 2.45) is 5.41 Å². The largest absolute Gasteiger partial charge is 0.406 e. The minimum Gasteiger partial charge on any atom is -0.406 e. The molecular weight excluding hydrogens is 252 g/mol. The van der Waals surface area contributed by atoms with Gasteiger partial charge in [-0.1, -0.05) is 51.1 Å². The Labute approximate surface area is 118 Å². The summed E-state index contributed by atoms with van der Waals surface area (Å²) >= 11 is 0. The number of benzene rings is 1. The quantitative estimate of drug-likeness (QED) is 0.763. The Bertz CT molecular complexity index is 430. The highest BCUT2D eigenvalue weighted by Gasteiger charge is 2.59. The van der Waals surface area contributed by atoms with Crippen LogP contribution in [0.25, 0.3) is 0 Å². The molecular formula is C16H26O2Si. The topological polar surface area (TPSA) is 18.5 Å². The van der Waals surface area contributed by atoms with Crippen molar-refractivity contribution in [1.29, 1.82) is 0 Å². The first-order valence-electron chi connectivity index (χ1n) is 7.02. The van der Waals surface area contributed by atoms with E-state index in [-0.39, 0.29) is 17.1 Å². The van der Waals surface area contributed by atoms with E-state index in [9.17, 15) is 0 Å². The molecule has 106 valence electrons. The van der Waals surface area contributed by atoms with Crippen molar-refractivity contribution < 1.29 is 9.16 Å². The Morgan fingerprint density at radius 3 is 2.11 bits per heavy atom. The second-order valence-electron chi connectivity index (χ2n) is 7.46. The minimum atomic E-state index is -1.63. The van der Waals surface area contributed by atoms with Crippen LogP contribution in [0.4, 0.5) is 0 Å². The molecule has 0 radical (unpaired) electrons. The van der Waals surface area contributed by atoms with E-state index in [4.69, 9.17) is 9.16 Å². The van der Waals surface area contributed by atoms with Gasteiger partial charge in [0.05, 0.1) is 6.61 Å². The molecule has 0 bridgehead atoms. The third-order valence-electron chi connectivity index (χ3n) is 3.75. The Morgan fingerprint density at radius 2 is 1.74 bits per heavy atom. The zero-order valence-corrected chi connectivity index (χ0v) is 14.0. The normalized spacial score (nSPS) is 28.0. The minimum absolute atomic E-state index is 0.0559. The van der Waals surface area contributed by atoms with E-state index in [0.717, 1.165) is 0 Å². The molecule has 1 aliphatic heterocycles. The van der Waals surface area contributed by atoms with Gasteiger partial charge in [-0.2, -0.15) is 0 Å². The first kappa shape index (κ1) is 14.8. The number of hydrogen-bond acceptors (Lipinski definition) is 2. The van der Waals surface area contributed by atoms with E-state index in [0.29, 0.717) is 6.61 Å². The van der Waals surface area contributed by atoms with Crippen LogP contribution in [0.5, 0.6) is 0 Å². The zero-order valence-electron chi connectivity index (χ0n) is 13.0. The van der Waals surface area contributed by atoms with Gasteiger partial charge >= 0.3 is 0 Å². The zero-order chi connectivity index (χ0) is 14.3. The summed E-state index contributed by atoms with van der Waals surface area (Å²) in [6.45, 7) is 14.2. The van der Waals surface area contributed by atoms with Crippen LogP contribution in [0.3, 0.4) is 0 Å². The molecule has 19 heavy (non-hydrogen) atoms. The van der Waals surface area contributed by atoms with Crippen LogP contribution >= 0.6 is 0 Å². The second kappa shape index (κ2) is 4.72. The van der Waals surface area contributed by atoms with Gasteiger partial charge in [-0.25, -0.2) is 0 Å². The third-order valence-corrected chi connectivity index (χ3v) is 4.72. The highest BCUT2D eigenvalue weighted by molar-refractivity contribution is 6.69. The van der Waals surface area contributed by atoms with E-state index in [1.807, 2.05) is 6.07 Å². The predicted octanol–water partition coefficient (Wildman–Crippen LogP) is 4.39. The average molecular weight is 278 g/mol. The molecule has 0 N–H and O–H groups in total. The van der Waals surface area contributed by atoms with Crippen molar-refractivity contribution in [2.75, 3.05) is 6.61 Å². The van der Waals surface area contributed by atoms with Crippen molar-refractivity contribution in [3.8, 4) is 0 Å². The number of hydrogen-bond donors (Lipinski definition) is 0. The maximum absolute atomic E-state index is 6.61. The Kier molecular flexibility index (Phi) is 3.67. The van der Waals surface area contributed by atoms with Gasteiger partial charge in [0.1, 0.15) is 11.7 Å². The molecule has 0 aliphatic carbocycles. The first-order chi connectivity index (χ1) is 8.66. The molecule has 0 saturated carbocycles. The highest BCUT2D eigenvalue weighted by Crippen LogP contribution is 2.53. The lowest BCUT2D eigenvalue weighted by Crippen LogP contribution is -2.65. The lowest BCUT2D eigenvalue weighted by Gasteiger charge is -2.58. The summed E-state index contributed by atoms with van der Waals surface area (Å²) in [5.74, 6) is 0. The van der Waals surface area contributed by atoms with Gasteiger partial charge in [-0.15, -0.1) is 0 Å². The van der Waals surface area contributed by atoms with E-state index in [2.05, 4.69) is 64.7 Å². The molecule has 1 heterocycles. The summed E-state index contributed by atoms with van der Waals surface area (Å²) in [5.41, 5.74) is 1.09. The average Bonchev–Trinajstić information content (AvgIpc) is 2.23. The first-order valence-corrected chi connectivity index (χ1v) is 10.4. The van der Waals surface area contributed by atoms with Gasteiger partial charge in [0.15, 0.2) is 8.32 Å². The molecule has 1 saturated heterocycles. The Balaban J connectivity index is 2.35. The Morgan fingerprint density at radius 1 is 1.16 bits per heavy atom. The van der Waals surface area contributed by atoms with Crippen LogP contribution in [-0.4, -0.2) is 20.5 Å². The van der Waals surface area contributed by atoms with Crippen molar-refractivity contribution in [3.05, 3.63) is 35.9 Å². The maximum atomic E-state index is 6.61. The van der Waals surface area contributed by atoms with Crippen molar-refractivity contribution in [2.45, 2.75) is 52.1 Å². The number of rotatable bonds is 3. The molecule has 2 nitrogen and oxygen atoms in total. The van der Waals surface area contributed by atoms with Gasteiger partial charge in [-0.3, -0.25) is 0 Å². The standard InChI is InChI=1S/C16H26O2Si/c1-15(2,3)16(18-19(4,5)6)12-17-14(16)13-10-8-7-9-11-13/h7-11,14H,12H2,1-6H3/t14-,16-/m1/s1.